The monoisotopic (exact) mass is 233 g/mol. The number of pyridine rings is 1. The molecule has 0 aliphatic carbocycles. The van der Waals surface area contributed by atoms with E-state index >= 15 is 0 Å². The molecule has 0 aliphatic rings. The maximum Gasteiger partial charge on any atom is 0.340 e. The number of ether oxygens (including phenoxy) is 1. The van der Waals surface area contributed by atoms with Gasteiger partial charge in [0.2, 0.25) is 0 Å². The summed E-state index contributed by atoms with van der Waals surface area (Å²) < 4.78 is 6.95. The van der Waals surface area contributed by atoms with Crippen LogP contribution in [0.2, 0.25) is 0 Å². The summed E-state index contributed by atoms with van der Waals surface area (Å²) in [5, 5.41) is 0.835. The topological polar surface area (TPSA) is 70.1 Å². The van der Waals surface area contributed by atoms with Gasteiger partial charge in [0.15, 0.2) is 0 Å². The number of aromatic nitrogens is 2. The van der Waals surface area contributed by atoms with E-state index in [-0.39, 0.29) is 5.97 Å². The summed E-state index contributed by atoms with van der Waals surface area (Å²) in [6.45, 7) is 2.43. The van der Waals surface area contributed by atoms with Crippen molar-refractivity contribution in [2.24, 2.45) is 12.8 Å². The first-order valence-electron chi connectivity index (χ1n) is 5.49. The van der Waals surface area contributed by atoms with Crippen LogP contribution in [0.25, 0.3) is 10.9 Å². The Hall–Kier alpha value is -1.88. The summed E-state index contributed by atoms with van der Waals surface area (Å²) in [5.41, 5.74) is 7.91. The molecule has 0 amide bonds. The van der Waals surface area contributed by atoms with E-state index in [1.807, 2.05) is 11.6 Å². The minimum atomic E-state index is -0.329. The Morgan fingerprint density at radius 3 is 3.00 bits per heavy atom. The first-order chi connectivity index (χ1) is 8.20. The van der Waals surface area contributed by atoms with E-state index in [0.717, 1.165) is 16.6 Å². The molecule has 5 heteroatoms. The number of fused-ring (bicyclic) bond motifs is 1. The Balaban J connectivity index is 2.71. The molecule has 90 valence electrons. The molecule has 0 spiro atoms. The Kier molecular flexibility index (Phi) is 3.10. The third kappa shape index (κ3) is 1.78. The summed E-state index contributed by atoms with van der Waals surface area (Å²) in [6.07, 6.45) is 3.38. The average molecular weight is 233 g/mol. The number of rotatable bonds is 3. The lowest BCUT2D eigenvalue weighted by atomic mass is 10.1. The fourth-order valence-electron chi connectivity index (χ4n) is 2.00. The molecule has 0 radical (unpaired) electrons. The second-order valence-corrected chi connectivity index (χ2v) is 3.70. The molecule has 0 atom stereocenters. The number of hydrogen-bond acceptors (Lipinski definition) is 4. The standard InChI is InChI=1S/C12H15N3O2/c1-3-17-12(16)11-8-4-5-14-7-10(8)15(2)9(11)6-13/h4-5,7H,3,6,13H2,1-2H3. The third-order valence-electron chi connectivity index (χ3n) is 2.80. The predicted octanol–water partition coefficient (Wildman–Crippen LogP) is 1.21. The van der Waals surface area contributed by atoms with Crippen LogP contribution in [0, 0.1) is 0 Å². The number of esters is 1. The second-order valence-electron chi connectivity index (χ2n) is 3.70. The average Bonchev–Trinajstić information content (AvgIpc) is 2.63. The zero-order chi connectivity index (χ0) is 12.4. The fraction of sp³-hybridized carbons (Fsp3) is 0.333. The van der Waals surface area contributed by atoms with Crippen molar-refractivity contribution in [1.29, 1.82) is 0 Å². The lowest BCUT2D eigenvalue weighted by Gasteiger charge is -2.04. The van der Waals surface area contributed by atoms with Crippen molar-refractivity contribution in [2.75, 3.05) is 6.61 Å². The lowest BCUT2D eigenvalue weighted by Crippen LogP contribution is -2.12. The van der Waals surface area contributed by atoms with Gasteiger partial charge in [-0.25, -0.2) is 4.79 Å². The molecular weight excluding hydrogens is 218 g/mol. The van der Waals surface area contributed by atoms with Crippen LogP contribution in [0.5, 0.6) is 0 Å². The van der Waals surface area contributed by atoms with Crippen LogP contribution < -0.4 is 5.73 Å². The molecule has 2 aromatic heterocycles. The summed E-state index contributed by atoms with van der Waals surface area (Å²) in [7, 11) is 1.87. The smallest absolute Gasteiger partial charge is 0.340 e. The minimum absolute atomic E-state index is 0.291. The largest absolute Gasteiger partial charge is 0.462 e. The molecule has 2 rings (SSSR count). The zero-order valence-corrected chi connectivity index (χ0v) is 9.93. The molecule has 0 saturated heterocycles. The van der Waals surface area contributed by atoms with Crippen LogP contribution in [-0.4, -0.2) is 22.1 Å². The van der Waals surface area contributed by atoms with Crippen LogP contribution in [-0.2, 0) is 18.3 Å². The van der Waals surface area contributed by atoms with Gasteiger partial charge < -0.3 is 15.0 Å². The second kappa shape index (κ2) is 4.55. The van der Waals surface area contributed by atoms with Crippen molar-refractivity contribution in [3.8, 4) is 0 Å². The molecule has 0 bridgehead atoms. The normalized spacial score (nSPS) is 10.8. The molecule has 0 aromatic carbocycles. The number of aryl methyl sites for hydroxylation is 1. The van der Waals surface area contributed by atoms with Gasteiger partial charge in [-0.2, -0.15) is 0 Å². The summed E-state index contributed by atoms with van der Waals surface area (Å²) in [5.74, 6) is -0.329. The SMILES string of the molecule is CCOC(=O)c1c(CN)n(C)c2cnccc12. The van der Waals surface area contributed by atoms with Crippen molar-refractivity contribution < 1.29 is 9.53 Å². The molecule has 5 nitrogen and oxygen atoms in total. The van der Waals surface area contributed by atoms with E-state index < -0.39 is 0 Å². The van der Waals surface area contributed by atoms with Crippen LogP contribution in [0.1, 0.15) is 23.0 Å². The van der Waals surface area contributed by atoms with E-state index in [9.17, 15) is 4.79 Å². The molecule has 0 unspecified atom stereocenters. The zero-order valence-electron chi connectivity index (χ0n) is 9.93. The van der Waals surface area contributed by atoms with Crippen molar-refractivity contribution in [3.05, 3.63) is 29.7 Å². The Bertz CT molecular complexity index is 560. The van der Waals surface area contributed by atoms with E-state index in [4.69, 9.17) is 10.5 Å². The van der Waals surface area contributed by atoms with Gasteiger partial charge in [0.05, 0.1) is 23.9 Å². The van der Waals surface area contributed by atoms with Gasteiger partial charge in [-0.15, -0.1) is 0 Å². The number of nitrogens with zero attached hydrogens (tertiary/aromatic N) is 2. The highest BCUT2D eigenvalue weighted by molar-refractivity contribution is 6.05. The maximum absolute atomic E-state index is 11.9. The van der Waals surface area contributed by atoms with E-state index in [1.165, 1.54) is 0 Å². The quantitative estimate of drug-likeness (QED) is 0.809. The molecule has 17 heavy (non-hydrogen) atoms. The number of carbonyl (C=O) groups excluding carboxylic acids is 1. The van der Waals surface area contributed by atoms with Gasteiger partial charge in [0.1, 0.15) is 0 Å². The molecule has 0 fully saturated rings. The first-order valence-corrected chi connectivity index (χ1v) is 5.49. The van der Waals surface area contributed by atoms with E-state index in [0.29, 0.717) is 18.7 Å². The molecule has 2 aromatic rings. The van der Waals surface area contributed by atoms with Crippen molar-refractivity contribution >= 4 is 16.9 Å². The number of hydrogen-bond donors (Lipinski definition) is 1. The van der Waals surface area contributed by atoms with Crippen LogP contribution in [0.3, 0.4) is 0 Å². The summed E-state index contributed by atoms with van der Waals surface area (Å²) in [4.78, 5) is 16.0. The minimum Gasteiger partial charge on any atom is -0.462 e. The fourth-order valence-corrected chi connectivity index (χ4v) is 2.00. The third-order valence-corrected chi connectivity index (χ3v) is 2.80. The number of carbonyl (C=O) groups is 1. The van der Waals surface area contributed by atoms with Crippen molar-refractivity contribution in [2.45, 2.75) is 13.5 Å². The Morgan fingerprint density at radius 1 is 1.59 bits per heavy atom. The Labute approximate surface area is 99.2 Å². The molecule has 2 N–H and O–H groups in total. The lowest BCUT2D eigenvalue weighted by molar-refractivity contribution is 0.0527. The van der Waals surface area contributed by atoms with Gasteiger partial charge in [0, 0.05) is 30.9 Å². The summed E-state index contributed by atoms with van der Waals surface area (Å²) in [6, 6.07) is 1.81. The maximum atomic E-state index is 11.9. The van der Waals surface area contributed by atoms with Crippen molar-refractivity contribution in [1.82, 2.24) is 9.55 Å². The molecule has 2 heterocycles. The van der Waals surface area contributed by atoms with Gasteiger partial charge in [-0.1, -0.05) is 0 Å². The summed E-state index contributed by atoms with van der Waals surface area (Å²) >= 11 is 0. The molecule has 0 aliphatic heterocycles. The van der Waals surface area contributed by atoms with Crippen molar-refractivity contribution in [3.63, 3.8) is 0 Å². The highest BCUT2D eigenvalue weighted by atomic mass is 16.5. The van der Waals surface area contributed by atoms with Crippen LogP contribution in [0.4, 0.5) is 0 Å². The number of nitrogens with two attached hydrogens (primary N) is 1. The molecular formula is C12H15N3O2. The van der Waals surface area contributed by atoms with E-state index in [1.54, 1.807) is 25.4 Å². The van der Waals surface area contributed by atoms with Crippen LogP contribution >= 0.6 is 0 Å². The van der Waals surface area contributed by atoms with Gasteiger partial charge in [-0.3, -0.25) is 4.98 Å². The first kappa shape index (κ1) is 11.6. The highest BCUT2D eigenvalue weighted by Gasteiger charge is 2.20. The van der Waals surface area contributed by atoms with Gasteiger partial charge in [-0.05, 0) is 13.0 Å². The Morgan fingerprint density at radius 2 is 2.35 bits per heavy atom. The molecule has 0 saturated carbocycles. The predicted molar refractivity (Wildman–Crippen MR) is 64.6 cm³/mol. The highest BCUT2D eigenvalue weighted by Crippen LogP contribution is 2.25. The van der Waals surface area contributed by atoms with Crippen LogP contribution in [0.15, 0.2) is 18.5 Å². The van der Waals surface area contributed by atoms with E-state index in [2.05, 4.69) is 4.98 Å². The van der Waals surface area contributed by atoms with Gasteiger partial charge >= 0.3 is 5.97 Å². The van der Waals surface area contributed by atoms with Gasteiger partial charge in [0.25, 0.3) is 0 Å².